The monoisotopic (exact) mass is 350 g/mol. The molecule has 1 saturated heterocycles. The summed E-state index contributed by atoms with van der Waals surface area (Å²) in [7, 11) is 0. The van der Waals surface area contributed by atoms with Crippen LogP contribution in [0.2, 0.25) is 0 Å². The maximum Gasteiger partial charge on any atom is 0.416 e. The van der Waals surface area contributed by atoms with Gasteiger partial charge in [-0.25, -0.2) is 0 Å². The second-order valence-corrected chi connectivity index (χ2v) is 5.66. The van der Waals surface area contributed by atoms with E-state index in [4.69, 9.17) is 9.78 Å². The fourth-order valence-electron chi connectivity index (χ4n) is 2.57. The molecule has 2 aromatic rings. The van der Waals surface area contributed by atoms with Crippen molar-refractivity contribution >= 4 is 5.91 Å². The number of hydrogen-bond acceptors (Lipinski definition) is 5. The summed E-state index contributed by atoms with van der Waals surface area (Å²) in [6.45, 7) is 1.01. The summed E-state index contributed by atoms with van der Waals surface area (Å²) in [4.78, 5) is 13.7. The van der Waals surface area contributed by atoms with E-state index in [1.807, 2.05) is 6.19 Å². The predicted octanol–water partition coefficient (Wildman–Crippen LogP) is 2.65. The minimum absolute atomic E-state index is 0.0368. The van der Waals surface area contributed by atoms with E-state index in [0.29, 0.717) is 25.1 Å². The van der Waals surface area contributed by atoms with Crippen molar-refractivity contribution in [3.63, 3.8) is 0 Å². The number of hydrogen-bond donors (Lipinski definition) is 1. The molecule has 0 saturated carbocycles. The predicted molar refractivity (Wildman–Crippen MR) is 80.0 cm³/mol. The van der Waals surface area contributed by atoms with Crippen LogP contribution in [0.5, 0.6) is 0 Å². The molecule has 0 radical (unpaired) electrons. The molecule has 9 heteroatoms. The highest BCUT2D eigenvalue weighted by Gasteiger charge is 2.30. The third-order valence-electron chi connectivity index (χ3n) is 3.91. The number of aromatic nitrogens is 1. The maximum absolute atomic E-state index is 12.6. The summed E-state index contributed by atoms with van der Waals surface area (Å²) in [5.41, 5.74) is -0.0859. The molecule has 1 fully saturated rings. The van der Waals surface area contributed by atoms with Gasteiger partial charge < -0.3 is 14.7 Å². The van der Waals surface area contributed by atoms with Crippen molar-refractivity contribution in [1.29, 1.82) is 5.26 Å². The molecule has 1 aliphatic heterocycles. The molecular formula is C16H13F3N4O2. The number of alkyl halides is 3. The zero-order valence-corrected chi connectivity index (χ0v) is 12.9. The van der Waals surface area contributed by atoms with E-state index >= 15 is 0 Å². The third kappa shape index (κ3) is 3.74. The summed E-state index contributed by atoms with van der Waals surface area (Å²) < 4.78 is 42.7. The Morgan fingerprint density at radius 2 is 2.08 bits per heavy atom. The first-order valence-corrected chi connectivity index (χ1v) is 7.46. The Hall–Kier alpha value is -3.02. The molecule has 1 aromatic carbocycles. The first-order chi connectivity index (χ1) is 11.9. The minimum atomic E-state index is -4.41. The first kappa shape index (κ1) is 16.8. The normalized spacial score (nSPS) is 17.4. The molecule has 130 valence electrons. The van der Waals surface area contributed by atoms with Gasteiger partial charge in [0.25, 0.3) is 5.91 Å². The van der Waals surface area contributed by atoms with Gasteiger partial charge in [-0.2, -0.15) is 18.4 Å². The van der Waals surface area contributed by atoms with Gasteiger partial charge in [-0.1, -0.05) is 17.3 Å². The number of benzene rings is 1. The lowest BCUT2D eigenvalue weighted by molar-refractivity contribution is -0.137. The topological polar surface area (TPSA) is 82.2 Å². The Morgan fingerprint density at radius 3 is 2.68 bits per heavy atom. The standard InChI is InChI=1S/C16H13F3N4O2/c17-16(18,19)11-3-1-10(2-4-11)13-7-14(25-22-13)15(24)21-12-5-6-23(8-12)9-20/h1-4,7,12H,5-6,8H2,(H,21,24). The van der Waals surface area contributed by atoms with E-state index in [-0.39, 0.29) is 17.5 Å². The summed E-state index contributed by atoms with van der Waals surface area (Å²) in [5, 5.41) is 15.3. The Labute approximate surface area is 140 Å². The molecule has 0 spiro atoms. The molecule has 1 unspecified atom stereocenters. The lowest BCUT2D eigenvalue weighted by atomic mass is 10.1. The Kier molecular flexibility index (Phi) is 4.35. The summed E-state index contributed by atoms with van der Waals surface area (Å²) in [6.07, 6.45) is -1.74. The van der Waals surface area contributed by atoms with E-state index in [9.17, 15) is 18.0 Å². The highest BCUT2D eigenvalue weighted by molar-refractivity contribution is 5.92. The molecule has 0 aliphatic carbocycles. The fraction of sp³-hybridized carbons (Fsp3) is 0.312. The summed E-state index contributed by atoms with van der Waals surface area (Å²) in [5.74, 6) is -0.513. The molecule has 1 N–H and O–H groups in total. The molecule has 0 bridgehead atoms. The Balaban J connectivity index is 1.68. The molecule has 3 rings (SSSR count). The van der Waals surface area contributed by atoms with Gasteiger partial charge in [0.15, 0.2) is 6.19 Å². The van der Waals surface area contributed by atoms with Gasteiger partial charge in [-0.05, 0) is 18.6 Å². The van der Waals surface area contributed by atoms with E-state index in [0.717, 1.165) is 12.1 Å². The smallest absolute Gasteiger partial charge is 0.350 e. The van der Waals surface area contributed by atoms with Crippen LogP contribution in [0.4, 0.5) is 13.2 Å². The molecular weight excluding hydrogens is 337 g/mol. The number of nitrogens with zero attached hydrogens (tertiary/aromatic N) is 3. The number of likely N-dealkylation sites (tertiary alicyclic amines) is 1. The third-order valence-corrected chi connectivity index (χ3v) is 3.91. The van der Waals surface area contributed by atoms with Crippen LogP contribution < -0.4 is 5.32 Å². The minimum Gasteiger partial charge on any atom is -0.350 e. The SMILES string of the molecule is N#CN1CCC(NC(=O)c2cc(-c3ccc(C(F)(F)F)cc3)no2)C1. The molecule has 6 nitrogen and oxygen atoms in total. The van der Waals surface area contributed by atoms with Crippen LogP contribution in [0.15, 0.2) is 34.9 Å². The second-order valence-electron chi connectivity index (χ2n) is 5.66. The van der Waals surface area contributed by atoms with Crippen LogP contribution in [0.1, 0.15) is 22.5 Å². The summed E-state index contributed by atoms with van der Waals surface area (Å²) >= 11 is 0. The number of nitriles is 1. The lowest BCUT2D eigenvalue weighted by Crippen LogP contribution is -2.36. The van der Waals surface area contributed by atoms with Crippen LogP contribution in [0.25, 0.3) is 11.3 Å². The number of nitrogens with one attached hydrogen (secondary N) is 1. The average Bonchev–Trinajstić information content (AvgIpc) is 3.23. The number of carbonyl (C=O) groups excluding carboxylic acids is 1. The van der Waals surface area contributed by atoms with Gasteiger partial charge in [-0.3, -0.25) is 4.79 Å². The van der Waals surface area contributed by atoms with Crippen molar-refractivity contribution in [3.8, 4) is 17.5 Å². The number of halogens is 3. The highest BCUT2D eigenvalue weighted by atomic mass is 19.4. The van der Waals surface area contributed by atoms with Gasteiger partial charge in [0.2, 0.25) is 5.76 Å². The zero-order valence-electron chi connectivity index (χ0n) is 12.9. The lowest BCUT2D eigenvalue weighted by Gasteiger charge is -2.10. The second kappa shape index (κ2) is 6.47. The van der Waals surface area contributed by atoms with Crippen molar-refractivity contribution in [2.24, 2.45) is 0 Å². The summed E-state index contributed by atoms with van der Waals surface area (Å²) in [6, 6.07) is 5.63. The quantitative estimate of drug-likeness (QED) is 0.861. The van der Waals surface area contributed by atoms with E-state index < -0.39 is 17.6 Å². The Bertz CT molecular complexity index is 808. The van der Waals surface area contributed by atoms with Crippen molar-refractivity contribution in [3.05, 3.63) is 41.7 Å². The van der Waals surface area contributed by atoms with Gasteiger partial charge in [-0.15, -0.1) is 0 Å². The molecule has 2 heterocycles. The van der Waals surface area contributed by atoms with Crippen LogP contribution in [0, 0.1) is 11.5 Å². The highest BCUT2D eigenvalue weighted by Crippen LogP contribution is 2.30. The van der Waals surface area contributed by atoms with E-state index in [1.54, 1.807) is 4.90 Å². The first-order valence-electron chi connectivity index (χ1n) is 7.46. The van der Waals surface area contributed by atoms with Crippen LogP contribution in [-0.2, 0) is 6.18 Å². The number of carbonyl (C=O) groups is 1. The fourth-order valence-corrected chi connectivity index (χ4v) is 2.57. The van der Waals surface area contributed by atoms with Crippen molar-refractivity contribution in [2.75, 3.05) is 13.1 Å². The van der Waals surface area contributed by atoms with Crippen molar-refractivity contribution < 1.29 is 22.5 Å². The van der Waals surface area contributed by atoms with Gasteiger partial charge in [0.05, 0.1) is 5.56 Å². The maximum atomic E-state index is 12.6. The van der Waals surface area contributed by atoms with Gasteiger partial charge in [0, 0.05) is 30.8 Å². The molecule has 1 amide bonds. The van der Waals surface area contributed by atoms with Crippen LogP contribution >= 0.6 is 0 Å². The number of rotatable bonds is 3. The zero-order chi connectivity index (χ0) is 18.0. The van der Waals surface area contributed by atoms with Gasteiger partial charge in [0.1, 0.15) is 5.69 Å². The molecule has 1 aliphatic rings. The van der Waals surface area contributed by atoms with Gasteiger partial charge >= 0.3 is 6.18 Å². The van der Waals surface area contributed by atoms with Crippen molar-refractivity contribution in [1.82, 2.24) is 15.4 Å². The number of amides is 1. The van der Waals surface area contributed by atoms with Crippen LogP contribution in [-0.4, -0.2) is 35.1 Å². The largest absolute Gasteiger partial charge is 0.416 e. The molecule has 25 heavy (non-hydrogen) atoms. The molecule has 1 aromatic heterocycles. The van der Waals surface area contributed by atoms with Crippen molar-refractivity contribution in [2.45, 2.75) is 18.6 Å². The molecule has 1 atom stereocenters. The Morgan fingerprint density at radius 1 is 1.36 bits per heavy atom. The van der Waals surface area contributed by atoms with Crippen LogP contribution in [0.3, 0.4) is 0 Å². The average molecular weight is 350 g/mol. The van der Waals surface area contributed by atoms with E-state index in [2.05, 4.69) is 10.5 Å². The van der Waals surface area contributed by atoms with E-state index in [1.165, 1.54) is 18.2 Å².